The van der Waals surface area contributed by atoms with Gasteiger partial charge < -0.3 is 5.11 Å². The minimum atomic E-state index is -0.415. The van der Waals surface area contributed by atoms with E-state index in [0.29, 0.717) is 5.56 Å². The number of carbonyl (C=O) groups excluding carboxylic acids is 1. The summed E-state index contributed by atoms with van der Waals surface area (Å²) in [5, 5.41) is 11.0. The Hall–Kier alpha value is -2.07. The zero-order chi connectivity index (χ0) is 10.8. The highest BCUT2D eigenvalue weighted by molar-refractivity contribution is 6.07. The van der Waals surface area contributed by atoms with E-state index in [1.165, 1.54) is 6.07 Å². The fourth-order valence-corrected chi connectivity index (χ4v) is 1.56. The first kappa shape index (κ1) is 9.48. The van der Waals surface area contributed by atoms with Crippen LogP contribution in [0, 0.1) is 0 Å². The van der Waals surface area contributed by atoms with Crippen molar-refractivity contribution in [2.45, 2.75) is 0 Å². The quantitative estimate of drug-likeness (QED) is 0.369. The van der Waals surface area contributed by atoms with Gasteiger partial charge in [-0.2, -0.15) is 0 Å². The fourth-order valence-electron chi connectivity index (χ4n) is 1.56. The molecule has 4 heteroatoms. The van der Waals surface area contributed by atoms with Crippen LogP contribution in [-0.4, -0.2) is 11.0 Å². The first-order valence-corrected chi connectivity index (χ1v) is 4.45. The van der Waals surface area contributed by atoms with Crippen LogP contribution in [0.4, 0.5) is 0 Å². The van der Waals surface area contributed by atoms with Crippen LogP contribution in [0.5, 0.6) is 5.75 Å². The molecule has 0 atom stereocenters. The van der Waals surface area contributed by atoms with Gasteiger partial charge >= 0.3 is 0 Å². The van der Waals surface area contributed by atoms with E-state index in [-0.39, 0.29) is 5.75 Å². The Morgan fingerprint density at radius 1 is 1.27 bits per heavy atom. The number of nitrogens with two attached hydrogens (primary N) is 1. The molecule has 15 heavy (non-hydrogen) atoms. The maximum atomic E-state index is 11.4. The molecule has 0 aliphatic rings. The molecule has 0 heterocycles. The van der Waals surface area contributed by atoms with Crippen molar-refractivity contribution in [1.29, 1.82) is 0 Å². The number of nitrogens with one attached hydrogen (secondary N) is 1. The van der Waals surface area contributed by atoms with Gasteiger partial charge in [0, 0.05) is 0 Å². The summed E-state index contributed by atoms with van der Waals surface area (Å²) in [5.74, 6) is 4.70. The molecule has 4 N–H and O–H groups in total. The molecule has 0 unspecified atom stereocenters. The average Bonchev–Trinajstić information content (AvgIpc) is 2.26. The third kappa shape index (κ3) is 1.62. The number of hydrogen-bond acceptors (Lipinski definition) is 3. The van der Waals surface area contributed by atoms with Crippen LogP contribution < -0.4 is 11.3 Å². The Bertz CT molecular complexity index is 523. The van der Waals surface area contributed by atoms with Crippen LogP contribution in [-0.2, 0) is 0 Å². The largest absolute Gasteiger partial charge is 0.508 e. The van der Waals surface area contributed by atoms with Crippen molar-refractivity contribution < 1.29 is 9.90 Å². The molecule has 0 aliphatic heterocycles. The van der Waals surface area contributed by atoms with Gasteiger partial charge in [0.1, 0.15) is 5.75 Å². The number of carbonyl (C=O) groups is 1. The molecule has 0 aromatic heterocycles. The average molecular weight is 202 g/mol. The second kappa shape index (κ2) is 3.59. The van der Waals surface area contributed by atoms with E-state index in [0.717, 1.165) is 10.8 Å². The smallest absolute Gasteiger partial charge is 0.265 e. The highest BCUT2D eigenvalue weighted by Gasteiger charge is 2.09. The third-order valence-electron chi connectivity index (χ3n) is 2.22. The van der Waals surface area contributed by atoms with E-state index < -0.39 is 5.91 Å². The molecule has 2 rings (SSSR count). The second-order valence-corrected chi connectivity index (χ2v) is 3.19. The number of benzene rings is 2. The molecular formula is C11H10N2O2. The van der Waals surface area contributed by atoms with Crippen LogP contribution in [0.3, 0.4) is 0 Å². The minimum Gasteiger partial charge on any atom is -0.508 e. The molecule has 0 fully saturated rings. The van der Waals surface area contributed by atoms with Gasteiger partial charge in [-0.3, -0.25) is 10.2 Å². The van der Waals surface area contributed by atoms with Crippen LogP contribution >= 0.6 is 0 Å². The summed E-state index contributed by atoms with van der Waals surface area (Å²) in [6.07, 6.45) is 0. The lowest BCUT2D eigenvalue weighted by Crippen LogP contribution is -2.30. The number of aromatic hydroxyl groups is 1. The first-order chi connectivity index (χ1) is 7.22. The van der Waals surface area contributed by atoms with Crippen LogP contribution in [0.15, 0.2) is 36.4 Å². The van der Waals surface area contributed by atoms with Crippen LogP contribution in [0.1, 0.15) is 10.4 Å². The van der Waals surface area contributed by atoms with Crippen molar-refractivity contribution in [2.75, 3.05) is 0 Å². The van der Waals surface area contributed by atoms with Gasteiger partial charge in [-0.1, -0.05) is 24.3 Å². The van der Waals surface area contributed by atoms with Crippen molar-refractivity contribution in [3.05, 3.63) is 42.0 Å². The number of rotatable bonds is 1. The number of hydrazine groups is 1. The Kier molecular flexibility index (Phi) is 2.27. The third-order valence-corrected chi connectivity index (χ3v) is 2.22. The van der Waals surface area contributed by atoms with E-state index in [9.17, 15) is 9.90 Å². The zero-order valence-electron chi connectivity index (χ0n) is 7.90. The number of amides is 1. The second-order valence-electron chi connectivity index (χ2n) is 3.19. The number of phenolic OH excluding ortho intramolecular Hbond substituents is 1. The first-order valence-electron chi connectivity index (χ1n) is 4.45. The number of hydrogen-bond donors (Lipinski definition) is 3. The molecule has 0 radical (unpaired) electrons. The van der Waals surface area contributed by atoms with E-state index in [4.69, 9.17) is 5.84 Å². The summed E-state index contributed by atoms with van der Waals surface area (Å²) < 4.78 is 0. The van der Waals surface area contributed by atoms with Gasteiger partial charge in [0.15, 0.2) is 0 Å². The van der Waals surface area contributed by atoms with Gasteiger partial charge in [0.2, 0.25) is 0 Å². The van der Waals surface area contributed by atoms with Crippen molar-refractivity contribution in [1.82, 2.24) is 5.43 Å². The van der Waals surface area contributed by atoms with E-state index in [1.54, 1.807) is 12.1 Å². The molecule has 76 valence electrons. The molecule has 0 saturated heterocycles. The maximum Gasteiger partial charge on any atom is 0.265 e. The van der Waals surface area contributed by atoms with E-state index in [2.05, 4.69) is 5.43 Å². The molecule has 0 bridgehead atoms. The Balaban J connectivity index is 2.76. The minimum absolute atomic E-state index is 0.0484. The summed E-state index contributed by atoms with van der Waals surface area (Å²) >= 11 is 0. The monoisotopic (exact) mass is 202 g/mol. The van der Waals surface area contributed by atoms with Gasteiger partial charge in [0.05, 0.1) is 5.56 Å². The number of nitrogen functional groups attached to an aromatic ring is 1. The summed E-state index contributed by atoms with van der Waals surface area (Å²) in [4.78, 5) is 11.4. The topological polar surface area (TPSA) is 75.3 Å². The predicted molar refractivity (Wildman–Crippen MR) is 57.3 cm³/mol. The maximum absolute atomic E-state index is 11.4. The van der Waals surface area contributed by atoms with E-state index >= 15 is 0 Å². The number of fused-ring (bicyclic) bond motifs is 1. The summed E-state index contributed by atoms with van der Waals surface area (Å²) in [6.45, 7) is 0. The lowest BCUT2D eigenvalue weighted by Gasteiger charge is -2.05. The van der Waals surface area contributed by atoms with Crippen LogP contribution in [0.2, 0.25) is 0 Å². The highest BCUT2D eigenvalue weighted by Crippen LogP contribution is 2.24. The lowest BCUT2D eigenvalue weighted by atomic mass is 10.0. The van der Waals surface area contributed by atoms with Crippen molar-refractivity contribution in [3.8, 4) is 5.75 Å². The van der Waals surface area contributed by atoms with Gasteiger partial charge in [-0.05, 0) is 22.9 Å². The predicted octanol–water partition coefficient (Wildman–Crippen LogP) is 1.15. The van der Waals surface area contributed by atoms with Gasteiger partial charge in [0.25, 0.3) is 5.91 Å². The SMILES string of the molecule is NNC(=O)c1cc(O)cc2ccccc12. The normalized spacial score (nSPS) is 10.2. The Labute approximate surface area is 86.3 Å². The molecule has 4 nitrogen and oxygen atoms in total. The van der Waals surface area contributed by atoms with Crippen LogP contribution in [0.25, 0.3) is 10.8 Å². The Morgan fingerprint density at radius 2 is 2.00 bits per heavy atom. The summed E-state index contributed by atoms with van der Waals surface area (Å²) in [6, 6.07) is 10.3. The number of phenols is 1. The molecule has 0 saturated carbocycles. The molecule has 2 aromatic rings. The highest BCUT2D eigenvalue weighted by atomic mass is 16.3. The fraction of sp³-hybridized carbons (Fsp3) is 0. The summed E-state index contributed by atoms with van der Waals surface area (Å²) in [7, 11) is 0. The summed E-state index contributed by atoms with van der Waals surface area (Å²) in [5.41, 5.74) is 2.42. The zero-order valence-corrected chi connectivity index (χ0v) is 7.90. The van der Waals surface area contributed by atoms with Crippen molar-refractivity contribution in [3.63, 3.8) is 0 Å². The lowest BCUT2D eigenvalue weighted by molar-refractivity contribution is 0.0955. The molecule has 1 amide bonds. The van der Waals surface area contributed by atoms with Crippen molar-refractivity contribution >= 4 is 16.7 Å². The molecule has 0 spiro atoms. The van der Waals surface area contributed by atoms with E-state index in [1.807, 2.05) is 18.2 Å². The van der Waals surface area contributed by atoms with Gasteiger partial charge in [-0.15, -0.1) is 0 Å². The van der Waals surface area contributed by atoms with Crippen molar-refractivity contribution in [2.24, 2.45) is 5.84 Å². The molecule has 2 aromatic carbocycles. The standard InChI is InChI=1S/C11H10N2O2/c12-13-11(15)10-6-8(14)5-7-3-1-2-4-9(7)10/h1-6,14H,12H2,(H,13,15). The Morgan fingerprint density at radius 3 is 2.73 bits per heavy atom. The van der Waals surface area contributed by atoms with Gasteiger partial charge in [-0.25, -0.2) is 5.84 Å². The molecular weight excluding hydrogens is 192 g/mol. The molecule has 0 aliphatic carbocycles.